The van der Waals surface area contributed by atoms with Crippen molar-refractivity contribution in [3.8, 4) is 0 Å². The molecule has 2 rings (SSSR count). The van der Waals surface area contributed by atoms with E-state index in [0.29, 0.717) is 6.04 Å². The Hall–Kier alpha value is -0.810. The predicted molar refractivity (Wildman–Crippen MR) is 84.4 cm³/mol. The molecule has 0 aromatic rings. The lowest BCUT2D eigenvalue weighted by Crippen LogP contribution is -2.50. The molecule has 5 nitrogen and oxygen atoms in total. The number of rotatable bonds is 4. The van der Waals surface area contributed by atoms with Crippen LogP contribution in [0.3, 0.4) is 0 Å². The highest BCUT2D eigenvalue weighted by atomic mass is 16.6. The van der Waals surface area contributed by atoms with E-state index in [1.807, 2.05) is 27.7 Å². The molecule has 1 amide bonds. The van der Waals surface area contributed by atoms with Gasteiger partial charge in [-0.1, -0.05) is 0 Å². The topological polar surface area (TPSA) is 53.6 Å². The van der Waals surface area contributed by atoms with Crippen molar-refractivity contribution in [1.29, 1.82) is 0 Å². The van der Waals surface area contributed by atoms with E-state index in [4.69, 9.17) is 4.74 Å². The average molecular weight is 297 g/mol. The molecule has 5 heteroatoms. The van der Waals surface area contributed by atoms with Crippen LogP contribution in [0.5, 0.6) is 0 Å². The molecule has 0 aromatic heterocycles. The van der Waals surface area contributed by atoms with Gasteiger partial charge < -0.3 is 20.3 Å². The Morgan fingerprint density at radius 2 is 1.86 bits per heavy atom. The largest absolute Gasteiger partial charge is 0.444 e. The van der Waals surface area contributed by atoms with Crippen molar-refractivity contribution in [2.24, 2.45) is 0 Å². The zero-order valence-electron chi connectivity index (χ0n) is 14.1. The van der Waals surface area contributed by atoms with E-state index in [1.165, 1.54) is 25.7 Å². The van der Waals surface area contributed by atoms with E-state index >= 15 is 0 Å². The summed E-state index contributed by atoms with van der Waals surface area (Å²) in [6.45, 7) is 8.45. The van der Waals surface area contributed by atoms with E-state index in [0.717, 1.165) is 18.6 Å². The lowest BCUT2D eigenvalue weighted by molar-refractivity contribution is 0.0506. The monoisotopic (exact) mass is 297 g/mol. The molecule has 122 valence electrons. The molecule has 0 radical (unpaired) electrons. The maximum Gasteiger partial charge on any atom is 0.407 e. The molecule has 21 heavy (non-hydrogen) atoms. The number of nitrogens with zero attached hydrogens (tertiary/aromatic N) is 1. The van der Waals surface area contributed by atoms with Crippen molar-refractivity contribution in [3.63, 3.8) is 0 Å². The average Bonchev–Trinajstić information content (AvgIpc) is 2.58. The number of hydrogen-bond acceptors (Lipinski definition) is 4. The molecule has 2 aliphatic heterocycles. The van der Waals surface area contributed by atoms with Gasteiger partial charge in [0.1, 0.15) is 5.60 Å². The lowest BCUT2D eigenvalue weighted by atomic mass is 9.98. The number of alkyl carbamates (subject to hydrolysis) is 1. The van der Waals surface area contributed by atoms with Crippen molar-refractivity contribution in [1.82, 2.24) is 15.5 Å². The Bertz CT molecular complexity index is 353. The number of carbonyl (C=O) groups excluding carboxylic acids is 1. The van der Waals surface area contributed by atoms with E-state index in [1.54, 1.807) is 0 Å². The van der Waals surface area contributed by atoms with Gasteiger partial charge in [-0.05, 0) is 60.4 Å². The van der Waals surface area contributed by atoms with Gasteiger partial charge in [-0.3, -0.25) is 0 Å². The van der Waals surface area contributed by atoms with E-state index < -0.39 is 5.60 Å². The molecule has 3 unspecified atom stereocenters. The number of hydrogen-bond donors (Lipinski definition) is 2. The molecule has 2 heterocycles. The van der Waals surface area contributed by atoms with Gasteiger partial charge in [-0.15, -0.1) is 0 Å². The van der Waals surface area contributed by atoms with E-state index in [9.17, 15) is 4.79 Å². The van der Waals surface area contributed by atoms with Crippen molar-refractivity contribution >= 4 is 6.09 Å². The molecule has 0 aromatic carbocycles. The summed E-state index contributed by atoms with van der Waals surface area (Å²) < 4.78 is 5.27. The maximum absolute atomic E-state index is 11.7. The zero-order valence-corrected chi connectivity index (χ0v) is 14.1. The maximum atomic E-state index is 11.7. The second-order valence-electron chi connectivity index (χ2n) is 7.67. The summed E-state index contributed by atoms with van der Waals surface area (Å²) in [5, 5.41) is 6.50. The quantitative estimate of drug-likeness (QED) is 0.834. The Kier molecular flexibility index (Phi) is 5.15. The predicted octanol–water partition coefficient (Wildman–Crippen LogP) is 2.11. The van der Waals surface area contributed by atoms with Gasteiger partial charge in [-0.2, -0.15) is 0 Å². The molecule has 0 saturated carbocycles. The van der Waals surface area contributed by atoms with Crippen LogP contribution in [0.4, 0.5) is 4.79 Å². The second kappa shape index (κ2) is 6.53. The minimum atomic E-state index is -0.440. The summed E-state index contributed by atoms with van der Waals surface area (Å²) in [6.07, 6.45) is 4.80. The molecule has 0 spiro atoms. The molecular weight excluding hydrogens is 266 g/mol. The Labute approximate surface area is 128 Å². The van der Waals surface area contributed by atoms with Crippen LogP contribution in [0, 0.1) is 0 Å². The summed E-state index contributed by atoms with van der Waals surface area (Å²) in [5.41, 5.74) is -0.440. The fourth-order valence-electron chi connectivity index (χ4n) is 3.48. The van der Waals surface area contributed by atoms with E-state index in [2.05, 4.69) is 22.6 Å². The highest BCUT2D eigenvalue weighted by Crippen LogP contribution is 2.34. The lowest BCUT2D eigenvalue weighted by Gasteiger charge is -2.37. The van der Waals surface area contributed by atoms with E-state index in [-0.39, 0.29) is 12.1 Å². The standard InChI is InChI=1S/C16H31N3O2/c1-11(18-15(20)21-16(2,3)4)10-17-12-8-13-6-7-14(9-12)19(13)5/h11-14,17H,6-10H2,1-5H3,(H,18,20). The van der Waals surface area contributed by atoms with Crippen LogP contribution in [-0.4, -0.2) is 54.4 Å². The van der Waals surface area contributed by atoms with Gasteiger partial charge in [0.05, 0.1) is 0 Å². The summed E-state index contributed by atoms with van der Waals surface area (Å²) in [7, 11) is 2.26. The van der Waals surface area contributed by atoms with Crippen LogP contribution in [0.2, 0.25) is 0 Å². The van der Waals surface area contributed by atoms with Crippen molar-refractivity contribution < 1.29 is 9.53 Å². The third-order valence-corrected chi connectivity index (χ3v) is 4.57. The molecule has 2 bridgehead atoms. The number of amides is 1. The number of nitrogens with one attached hydrogen (secondary N) is 2. The highest BCUT2D eigenvalue weighted by Gasteiger charge is 2.38. The summed E-state index contributed by atoms with van der Waals surface area (Å²) in [4.78, 5) is 14.3. The van der Waals surface area contributed by atoms with Gasteiger partial charge in [0, 0.05) is 30.7 Å². The minimum Gasteiger partial charge on any atom is -0.444 e. The van der Waals surface area contributed by atoms with Crippen LogP contribution in [0.15, 0.2) is 0 Å². The van der Waals surface area contributed by atoms with Crippen molar-refractivity contribution in [3.05, 3.63) is 0 Å². The van der Waals surface area contributed by atoms with Crippen LogP contribution in [-0.2, 0) is 4.74 Å². The third kappa shape index (κ3) is 4.85. The number of piperidine rings is 1. The zero-order chi connectivity index (χ0) is 15.6. The fourth-order valence-corrected chi connectivity index (χ4v) is 3.48. The van der Waals surface area contributed by atoms with Crippen LogP contribution < -0.4 is 10.6 Å². The molecule has 3 atom stereocenters. The smallest absolute Gasteiger partial charge is 0.407 e. The van der Waals surface area contributed by atoms with Crippen molar-refractivity contribution in [2.45, 2.75) is 83.1 Å². The van der Waals surface area contributed by atoms with Crippen LogP contribution in [0.1, 0.15) is 53.4 Å². The second-order valence-corrected chi connectivity index (χ2v) is 7.67. The summed E-state index contributed by atoms with van der Waals surface area (Å²) in [5.74, 6) is 0. The van der Waals surface area contributed by atoms with Gasteiger partial charge in [0.25, 0.3) is 0 Å². The summed E-state index contributed by atoms with van der Waals surface area (Å²) >= 11 is 0. The van der Waals surface area contributed by atoms with Crippen LogP contribution >= 0.6 is 0 Å². The fraction of sp³-hybridized carbons (Fsp3) is 0.938. The molecule has 0 aliphatic carbocycles. The van der Waals surface area contributed by atoms with Gasteiger partial charge >= 0.3 is 6.09 Å². The Morgan fingerprint density at radius 3 is 2.38 bits per heavy atom. The van der Waals surface area contributed by atoms with Gasteiger partial charge in [0.2, 0.25) is 0 Å². The number of carbonyl (C=O) groups is 1. The summed E-state index contributed by atoms with van der Waals surface area (Å²) in [6, 6.07) is 2.16. The molecule has 2 saturated heterocycles. The molecule has 2 aliphatic rings. The van der Waals surface area contributed by atoms with Crippen LogP contribution in [0.25, 0.3) is 0 Å². The Balaban J connectivity index is 1.68. The minimum absolute atomic E-state index is 0.0807. The first-order valence-electron chi connectivity index (χ1n) is 8.19. The SMILES string of the molecule is CC(CNC1CC2CCC(C1)N2C)NC(=O)OC(C)(C)C. The molecular formula is C16H31N3O2. The molecule has 2 N–H and O–H groups in total. The highest BCUT2D eigenvalue weighted by molar-refractivity contribution is 5.68. The van der Waals surface area contributed by atoms with Gasteiger partial charge in [0.15, 0.2) is 0 Å². The first-order valence-corrected chi connectivity index (χ1v) is 8.19. The molecule has 2 fully saturated rings. The number of ether oxygens (including phenoxy) is 1. The van der Waals surface area contributed by atoms with Gasteiger partial charge in [-0.25, -0.2) is 4.79 Å². The number of fused-ring (bicyclic) bond motifs is 2. The first kappa shape index (κ1) is 16.6. The normalized spacial score (nSPS) is 31.0. The Morgan fingerprint density at radius 1 is 1.29 bits per heavy atom. The first-order chi connectivity index (χ1) is 9.74. The van der Waals surface area contributed by atoms with Crippen molar-refractivity contribution in [2.75, 3.05) is 13.6 Å². The third-order valence-electron chi connectivity index (χ3n) is 4.57.